The summed E-state index contributed by atoms with van der Waals surface area (Å²) in [6.07, 6.45) is 1.17. The molecule has 0 amide bonds. The topological polar surface area (TPSA) is 73.4 Å². The van der Waals surface area contributed by atoms with E-state index in [0.29, 0.717) is 29.8 Å². The van der Waals surface area contributed by atoms with E-state index in [1.807, 2.05) is 78.5 Å². The van der Waals surface area contributed by atoms with E-state index in [9.17, 15) is 10.1 Å². The maximum atomic E-state index is 13.5. The van der Waals surface area contributed by atoms with Crippen LogP contribution in [-0.4, -0.2) is 19.9 Å². The molecule has 158 valence electrons. The normalized spacial score (nSPS) is 20.4. The molecule has 31 heavy (non-hydrogen) atoms. The molecule has 2 aromatic rings. The van der Waals surface area contributed by atoms with E-state index in [1.165, 1.54) is 0 Å². The zero-order valence-electron chi connectivity index (χ0n) is 18.5. The molecule has 0 fully saturated rings. The maximum Gasteiger partial charge on any atom is 0.162 e. The molecule has 1 heterocycles. The summed E-state index contributed by atoms with van der Waals surface area (Å²) in [5, 5.41) is 10.1. The van der Waals surface area contributed by atoms with Crippen molar-refractivity contribution >= 4 is 17.2 Å². The minimum atomic E-state index is -0.445. The smallest absolute Gasteiger partial charge is 0.162 e. The number of ketones is 1. The number of nitrogens with two attached hydrogens (primary N) is 1. The fourth-order valence-corrected chi connectivity index (χ4v) is 4.68. The predicted octanol–water partition coefficient (Wildman–Crippen LogP) is 4.69. The number of para-hydroxylation sites is 1. The zero-order valence-corrected chi connectivity index (χ0v) is 18.5. The molecule has 2 aliphatic rings. The molecule has 0 unspecified atom stereocenters. The average Bonchev–Trinajstić information content (AvgIpc) is 2.73. The number of nitriles is 1. The first-order valence-electron chi connectivity index (χ1n) is 10.5. The molecule has 4 rings (SSSR count). The highest BCUT2D eigenvalue weighted by molar-refractivity contribution is 6.01. The molecule has 2 aromatic carbocycles. The highest BCUT2D eigenvalue weighted by Crippen LogP contribution is 2.50. The Labute approximate surface area is 184 Å². The number of rotatable bonds is 3. The number of hydrogen-bond acceptors (Lipinski definition) is 5. The first kappa shape index (κ1) is 20.7. The highest BCUT2D eigenvalue weighted by atomic mass is 16.1. The standard InChI is InChI=1S/C26H28N4O/c1-26(2)14-21-24(22(31)15-26)23(17-10-12-18(13-11-17)29(3)4)20(16-27)25(28)30(21)19-8-6-5-7-9-19/h5-13,23H,14-15,28H2,1-4H3/t23-/m0/s1. The van der Waals surface area contributed by atoms with Crippen molar-refractivity contribution in [2.75, 3.05) is 23.9 Å². The Morgan fingerprint density at radius 3 is 2.29 bits per heavy atom. The molecule has 0 aromatic heterocycles. The Bertz CT molecular complexity index is 1120. The highest BCUT2D eigenvalue weighted by Gasteiger charge is 2.44. The Morgan fingerprint density at radius 2 is 1.71 bits per heavy atom. The third-order valence-corrected chi connectivity index (χ3v) is 6.14. The van der Waals surface area contributed by atoms with E-state index in [-0.39, 0.29) is 11.2 Å². The molecular weight excluding hydrogens is 384 g/mol. The lowest BCUT2D eigenvalue weighted by molar-refractivity contribution is -0.118. The summed E-state index contributed by atoms with van der Waals surface area (Å²) in [4.78, 5) is 17.4. The van der Waals surface area contributed by atoms with Gasteiger partial charge in [0.1, 0.15) is 5.82 Å². The van der Waals surface area contributed by atoms with Crippen LogP contribution in [0.3, 0.4) is 0 Å². The summed E-state index contributed by atoms with van der Waals surface area (Å²) in [6, 6.07) is 20.1. The van der Waals surface area contributed by atoms with Crippen molar-refractivity contribution in [1.82, 2.24) is 0 Å². The molecule has 1 atom stereocenters. The van der Waals surface area contributed by atoms with Gasteiger partial charge in [-0.3, -0.25) is 9.69 Å². The second-order valence-electron chi connectivity index (χ2n) is 9.30. The predicted molar refractivity (Wildman–Crippen MR) is 124 cm³/mol. The van der Waals surface area contributed by atoms with Gasteiger partial charge in [0.2, 0.25) is 0 Å². The van der Waals surface area contributed by atoms with Gasteiger partial charge < -0.3 is 10.6 Å². The lowest BCUT2D eigenvalue weighted by Gasteiger charge is -2.43. The number of hydrogen-bond donors (Lipinski definition) is 1. The van der Waals surface area contributed by atoms with Crippen LogP contribution in [0.5, 0.6) is 0 Å². The lowest BCUT2D eigenvalue weighted by atomic mass is 9.68. The number of anilines is 2. The number of benzene rings is 2. The van der Waals surface area contributed by atoms with Crippen LogP contribution in [0.15, 0.2) is 77.3 Å². The van der Waals surface area contributed by atoms with Crippen LogP contribution in [0.1, 0.15) is 38.2 Å². The molecule has 0 saturated carbocycles. The second-order valence-corrected chi connectivity index (χ2v) is 9.30. The number of Topliss-reactive ketones (excluding diaryl/α,β-unsaturated/α-hetero) is 1. The molecule has 5 heteroatoms. The first-order valence-corrected chi connectivity index (χ1v) is 10.5. The van der Waals surface area contributed by atoms with Crippen LogP contribution >= 0.6 is 0 Å². The van der Waals surface area contributed by atoms with Crippen LogP contribution in [-0.2, 0) is 4.79 Å². The van der Waals surface area contributed by atoms with Gasteiger partial charge in [-0.15, -0.1) is 0 Å². The van der Waals surface area contributed by atoms with Crippen LogP contribution < -0.4 is 15.5 Å². The van der Waals surface area contributed by atoms with E-state index in [1.54, 1.807) is 0 Å². The molecule has 0 bridgehead atoms. The molecule has 2 N–H and O–H groups in total. The van der Waals surface area contributed by atoms with Crippen molar-refractivity contribution in [1.29, 1.82) is 5.26 Å². The quantitative estimate of drug-likeness (QED) is 0.791. The van der Waals surface area contributed by atoms with E-state index in [4.69, 9.17) is 5.73 Å². The largest absolute Gasteiger partial charge is 0.384 e. The second kappa shape index (κ2) is 7.63. The molecule has 1 aliphatic heterocycles. The van der Waals surface area contributed by atoms with Crippen molar-refractivity contribution in [2.24, 2.45) is 11.1 Å². The Morgan fingerprint density at radius 1 is 1.06 bits per heavy atom. The third-order valence-electron chi connectivity index (χ3n) is 6.14. The molecule has 1 aliphatic carbocycles. The van der Waals surface area contributed by atoms with Crippen LogP contribution in [0.2, 0.25) is 0 Å². The van der Waals surface area contributed by atoms with Gasteiger partial charge in [0.15, 0.2) is 5.78 Å². The van der Waals surface area contributed by atoms with Crippen LogP contribution in [0.4, 0.5) is 11.4 Å². The van der Waals surface area contributed by atoms with Gasteiger partial charge in [0.25, 0.3) is 0 Å². The summed E-state index contributed by atoms with van der Waals surface area (Å²) in [7, 11) is 3.97. The minimum Gasteiger partial charge on any atom is -0.384 e. The summed E-state index contributed by atoms with van der Waals surface area (Å²) in [5.74, 6) is 0.0496. The molecular formula is C26H28N4O. The van der Waals surface area contributed by atoms with Crippen molar-refractivity contribution in [3.05, 3.63) is 82.8 Å². The molecule has 5 nitrogen and oxygen atoms in total. The fourth-order valence-electron chi connectivity index (χ4n) is 4.68. The lowest BCUT2D eigenvalue weighted by Crippen LogP contribution is -2.42. The Hall–Kier alpha value is -3.52. The number of carbonyl (C=O) groups excluding carboxylic acids is 1. The van der Waals surface area contributed by atoms with Gasteiger partial charge >= 0.3 is 0 Å². The van der Waals surface area contributed by atoms with E-state index < -0.39 is 5.92 Å². The number of nitrogens with zero attached hydrogens (tertiary/aromatic N) is 3. The Kier molecular flexibility index (Phi) is 5.10. The van der Waals surface area contributed by atoms with Gasteiger partial charge in [-0.25, -0.2) is 0 Å². The van der Waals surface area contributed by atoms with Gasteiger partial charge in [-0.05, 0) is 41.7 Å². The summed E-state index contributed by atoms with van der Waals surface area (Å²) in [6.45, 7) is 4.22. The average molecular weight is 413 g/mol. The monoisotopic (exact) mass is 412 g/mol. The van der Waals surface area contributed by atoms with Gasteiger partial charge in [0, 0.05) is 43.2 Å². The number of allylic oxidation sites excluding steroid dienone is 3. The van der Waals surface area contributed by atoms with Crippen LogP contribution in [0, 0.1) is 16.7 Å². The van der Waals surface area contributed by atoms with E-state index in [0.717, 1.165) is 22.6 Å². The van der Waals surface area contributed by atoms with Gasteiger partial charge in [-0.1, -0.05) is 44.2 Å². The molecule has 0 saturated heterocycles. The fraction of sp³-hybridized carbons (Fsp3) is 0.308. The van der Waals surface area contributed by atoms with Crippen molar-refractivity contribution < 1.29 is 4.79 Å². The first-order chi connectivity index (χ1) is 14.7. The molecule has 0 radical (unpaired) electrons. The van der Waals surface area contributed by atoms with Crippen molar-refractivity contribution in [3.8, 4) is 6.07 Å². The number of carbonyl (C=O) groups is 1. The van der Waals surface area contributed by atoms with Crippen molar-refractivity contribution in [2.45, 2.75) is 32.6 Å². The van der Waals surface area contributed by atoms with E-state index in [2.05, 4.69) is 19.9 Å². The summed E-state index contributed by atoms with van der Waals surface area (Å²) < 4.78 is 0. The minimum absolute atomic E-state index is 0.0918. The SMILES string of the molecule is CN(C)c1ccc([C@H]2C(C#N)=C(N)N(c3ccccc3)C3=C2C(=O)CC(C)(C)C3)cc1. The maximum absolute atomic E-state index is 13.5. The Balaban J connectivity index is 1.95. The van der Waals surface area contributed by atoms with Gasteiger partial charge in [0.05, 0.1) is 17.6 Å². The molecule has 0 spiro atoms. The van der Waals surface area contributed by atoms with E-state index >= 15 is 0 Å². The van der Waals surface area contributed by atoms with Gasteiger partial charge in [-0.2, -0.15) is 5.26 Å². The summed E-state index contributed by atoms with van der Waals surface area (Å²) >= 11 is 0. The zero-order chi connectivity index (χ0) is 22.3. The third kappa shape index (κ3) is 3.59. The van der Waals surface area contributed by atoms with Crippen LogP contribution in [0.25, 0.3) is 0 Å². The van der Waals surface area contributed by atoms with Crippen molar-refractivity contribution in [3.63, 3.8) is 0 Å². The summed E-state index contributed by atoms with van der Waals surface area (Å²) in [5.41, 5.74) is 11.3.